The Morgan fingerprint density at radius 1 is 1.05 bits per heavy atom. The van der Waals surface area contributed by atoms with Gasteiger partial charge in [0.15, 0.2) is 0 Å². The molecule has 0 spiro atoms. The lowest BCUT2D eigenvalue weighted by Gasteiger charge is -2.08. The number of sulfonamides is 1. The van der Waals surface area contributed by atoms with Crippen LogP contribution in [0.3, 0.4) is 0 Å². The number of aliphatic hydroxyl groups excluding tert-OH is 1. The Kier molecular flexibility index (Phi) is 4.93. The summed E-state index contributed by atoms with van der Waals surface area (Å²) in [6.45, 7) is 0.0367. The first-order valence-corrected chi connectivity index (χ1v) is 8.23. The molecule has 106 valence electrons. The molecule has 4 nitrogen and oxygen atoms in total. The Morgan fingerprint density at radius 3 is 2.40 bits per heavy atom. The molecule has 0 aliphatic carbocycles. The van der Waals surface area contributed by atoms with Crippen molar-refractivity contribution in [1.82, 2.24) is 4.72 Å². The van der Waals surface area contributed by atoms with Gasteiger partial charge in [-0.05, 0) is 35.4 Å². The van der Waals surface area contributed by atoms with Crippen molar-refractivity contribution in [1.29, 1.82) is 0 Å². The Morgan fingerprint density at radius 2 is 1.75 bits per heavy atom. The van der Waals surface area contributed by atoms with E-state index >= 15 is 0 Å². The van der Waals surface area contributed by atoms with E-state index in [0.717, 1.165) is 10.0 Å². The summed E-state index contributed by atoms with van der Waals surface area (Å²) in [5.74, 6) is 0. The van der Waals surface area contributed by atoms with E-state index in [1.54, 1.807) is 12.1 Å². The van der Waals surface area contributed by atoms with Gasteiger partial charge in [0.1, 0.15) is 0 Å². The van der Waals surface area contributed by atoms with Crippen molar-refractivity contribution in [2.24, 2.45) is 0 Å². The molecule has 6 heteroatoms. The Bertz CT molecular complexity index is 684. The van der Waals surface area contributed by atoms with Crippen LogP contribution in [0.2, 0.25) is 0 Å². The molecule has 0 aliphatic rings. The van der Waals surface area contributed by atoms with Gasteiger partial charge in [-0.1, -0.05) is 40.2 Å². The molecule has 2 aromatic rings. The van der Waals surface area contributed by atoms with E-state index in [9.17, 15) is 8.42 Å². The van der Waals surface area contributed by atoms with Gasteiger partial charge in [0.2, 0.25) is 10.0 Å². The third kappa shape index (κ3) is 3.89. The number of nitrogens with one attached hydrogen (secondary N) is 1. The number of rotatable bonds is 5. The topological polar surface area (TPSA) is 66.4 Å². The molecule has 0 aliphatic heterocycles. The summed E-state index contributed by atoms with van der Waals surface area (Å²) in [5.41, 5.74) is 1.44. The molecule has 0 saturated carbocycles. The molecule has 0 aromatic heterocycles. The lowest BCUT2D eigenvalue weighted by atomic mass is 10.2. The average Bonchev–Trinajstić information content (AvgIpc) is 2.47. The predicted octanol–water partition coefficient (Wildman–Crippen LogP) is 2.42. The molecule has 0 heterocycles. The highest BCUT2D eigenvalue weighted by Crippen LogP contribution is 2.14. The number of aliphatic hydroxyl groups is 1. The van der Waals surface area contributed by atoms with Crippen LogP contribution in [0, 0.1) is 0 Å². The maximum atomic E-state index is 12.1. The van der Waals surface area contributed by atoms with Crippen LogP contribution in [0.15, 0.2) is 57.9 Å². The lowest BCUT2D eigenvalue weighted by Crippen LogP contribution is -2.23. The molecule has 0 unspecified atom stereocenters. The molecule has 0 radical (unpaired) electrons. The van der Waals surface area contributed by atoms with E-state index < -0.39 is 10.0 Å². The molecule has 0 saturated heterocycles. The summed E-state index contributed by atoms with van der Waals surface area (Å²) in [6, 6.07) is 13.7. The van der Waals surface area contributed by atoms with Gasteiger partial charge >= 0.3 is 0 Å². The first kappa shape index (κ1) is 15.2. The van der Waals surface area contributed by atoms with Gasteiger partial charge in [0.25, 0.3) is 0 Å². The molecule has 0 atom stereocenters. The lowest BCUT2D eigenvalue weighted by molar-refractivity contribution is 0.281. The fourth-order valence-corrected chi connectivity index (χ4v) is 3.03. The SMILES string of the molecule is O=S(=O)(NCc1ccc(Br)cc1)c1cccc(CO)c1. The van der Waals surface area contributed by atoms with E-state index in [1.165, 1.54) is 12.1 Å². The Hall–Kier alpha value is -1.21. The fraction of sp³-hybridized carbons (Fsp3) is 0.143. The van der Waals surface area contributed by atoms with Crippen LogP contribution in [0.5, 0.6) is 0 Å². The van der Waals surface area contributed by atoms with E-state index in [4.69, 9.17) is 5.11 Å². The van der Waals surface area contributed by atoms with E-state index in [-0.39, 0.29) is 18.0 Å². The van der Waals surface area contributed by atoms with Crippen molar-refractivity contribution in [2.45, 2.75) is 18.0 Å². The van der Waals surface area contributed by atoms with Crippen molar-refractivity contribution in [3.63, 3.8) is 0 Å². The highest BCUT2D eigenvalue weighted by atomic mass is 79.9. The summed E-state index contributed by atoms with van der Waals surface area (Å²) in [4.78, 5) is 0.154. The zero-order valence-electron chi connectivity index (χ0n) is 10.6. The molecular formula is C14H14BrNO3S. The van der Waals surface area contributed by atoms with Crippen molar-refractivity contribution in [3.05, 3.63) is 64.1 Å². The van der Waals surface area contributed by atoms with Crippen LogP contribution in [0.4, 0.5) is 0 Å². The minimum absolute atomic E-state index is 0.154. The molecule has 2 aromatic carbocycles. The second kappa shape index (κ2) is 6.49. The molecule has 0 bridgehead atoms. The molecule has 0 amide bonds. The summed E-state index contributed by atoms with van der Waals surface area (Å²) in [6.07, 6.45) is 0. The first-order chi connectivity index (χ1) is 9.51. The van der Waals surface area contributed by atoms with Crippen molar-refractivity contribution < 1.29 is 13.5 Å². The molecule has 0 fully saturated rings. The fourth-order valence-electron chi connectivity index (χ4n) is 1.67. The Labute approximate surface area is 126 Å². The standard InChI is InChI=1S/C14H14BrNO3S/c15-13-6-4-11(5-7-13)9-16-20(18,19)14-3-1-2-12(8-14)10-17/h1-8,16-17H,9-10H2. The number of hydrogen-bond acceptors (Lipinski definition) is 3. The third-order valence-corrected chi connectivity index (χ3v) is 4.70. The average molecular weight is 356 g/mol. The van der Waals surface area contributed by atoms with Crippen LogP contribution in [0.1, 0.15) is 11.1 Å². The zero-order valence-corrected chi connectivity index (χ0v) is 13.0. The smallest absolute Gasteiger partial charge is 0.240 e. The minimum Gasteiger partial charge on any atom is -0.392 e. The van der Waals surface area contributed by atoms with Crippen LogP contribution in [-0.2, 0) is 23.2 Å². The van der Waals surface area contributed by atoms with Gasteiger partial charge in [0, 0.05) is 11.0 Å². The van der Waals surface area contributed by atoms with Crippen LogP contribution in [0.25, 0.3) is 0 Å². The maximum absolute atomic E-state index is 12.1. The van der Waals surface area contributed by atoms with Gasteiger partial charge in [0.05, 0.1) is 11.5 Å². The minimum atomic E-state index is -3.57. The van der Waals surface area contributed by atoms with Crippen LogP contribution < -0.4 is 4.72 Å². The highest BCUT2D eigenvalue weighted by molar-refractivity contribution is 9.10. The zero-order chi connectivity index (χ0) is 14.6. The third-order valence-electron chi connectivity index (χ3n) is 2.77. The summed E-state index contributed by atoms with van der Waals surface area (Å²) in [7, 11) is -3.57. The van der Waals surface area contributed by atoms with Gasteiger partial charge in [-0.25, -0.2) is 13.1 Å². The summed E-state index contributed by atoms with van der Waals surface area (Å²) >= 11 is 3.33. The van der Waals surface area contributed by atoms with Gasteiger partial charge in [-0.15, -0.1) is 0 Å². The molecular weight excluding hydrogens is 342 g/mol. The number of benzene rings is 2. The highest BCUT2D eigenvalue weighted by Gasteiger charge is 2.13. The quantitative estimate of drug-likeness (QED) is 0.865. The van der Waals surface area contributed by atoms with Gasteiger partial charge in [-0.3, -0.25) is 0 Å². The van der Waals surface area contributed by atoms with Gasteiger partial charge in [-0.2, -0.15) is 0 Å². The largest absolute Gasteiger partial charge is 0.392 e. The van der Waals surface area contributed by atoms with E-state index in [2.05, 4.69) is 20.7 Å². The summed E-state index contributed by atoms with van der Waals surface area (Å²) in [5, 5.41) is 9.04. The van der Waals surface area contributed by atoms with E-state index in [0.29, 0.717) is 5.56 Å². The number of halogens is 1. The maximum Gasteiger partial charge on any atom is 0.240 e. The van der Waals surface area contributed by atoms with Crippen molar-refractivity contribution in [3.8, 4) is 0 Å². The van der Waals surface area contributed by atoms with Crippen LogP contribution in [-0.4, -0.2) is 13.5 Å². The molecule has 2 N–H and O–H groups in total. The Balaban J connectivity index is 2.12. The van der Waals surface area contributed by atoms with Gasteiger partial charge < -0.3 is 5.11 Å². The van der Waals surface area contributed by atoms with Crippen LogP contribution >= 0.6 is 15.9 Å². The second-order valence-electron chi connectivity index (χ2n) is 4.26. The monoisotopic (exact) mass is 355 g/mol. The van der Waals surface area contributed by atoms with E-state index in [1.807, 2.05) is 24.3 Å². The van der Waals surface area contributed by atoms with Crippen molar-refractivity contribution >= 4 is 26.0 Å². The second-order valence-corrected chi connectivity index (χ2v) is 6.94. The number of hydrogen-bond donors (Lipinski definition) is 2. The van der Waals surface area contributed by atoms with Crippen molar-refractivity contribution in [2.75, 3.05) is 0 Å². The molecule has 20 heavy (non-hydrogen) atoms. The first-order valence-electron chi connectivity index (χ1n) is 5.95. The normalized spacial score (nSPS) is 11.5. The summed E-state index contributed by atoms with van der Waals surface area (Å²) < 4.78 is 27.8. The predicted molar refractivity (Wildman–Crippen MR) is 80.5 cm³/mol. The molecule has 2 rings (SSSR count).